The lowest BCUT2D eigenvalue weighted by atomic mass is 9.83. The predicted molar refractivity (Wildman–Crippen MR) is 117 cm³/mol. The van der Waals surface area contributed by atoms with Crippen molar-refractivity contribution in [3.05, 3.63) is 24.2 Å². The highest BCUT2D eigenvalue weighted by molar-refractivity contribution is 7.80. The monoisotopic (exact) mass is 400 g/mol. The van der Waals surface area contributed by atoms with E-state index in [9.17, 15) is 4.79 Å². The second-order valence-corrected chi connectivity index (χ2v) is 9.62. The minimum absolute atomic E-state index is 0.119. The van der Waals surface area contributed by atoms with Gasteiger partial charge in [-0.1, -0.05) is 19.9 Å². The molecular formula is C22H32N4OS. The van der Waals surface area contributed by atoms with Gasteiger partial charge >= 0.3 is 0 Å². The highest BCUT2D eigenvalue weighted by Crippen LogP contribution is 2.36. The van der Waals surface area contributed by atoms with Gasteiger partial charge in [-0.25, -0.2) is 9.97 Å². The number of piperazine rings is 1. The van der Waals surface area contributed by atoms with Crippen molar-refractivity contribution in [3.8, 4) is 0 Å². The normalized spacial score (nSPS) is 29.1. The third-order valence-corrected chi connectivity index (χ3v) is 6.94. The molecule has 2 saturated heterocycles. The van der Waals surface area contributed by atoms with Crippen LogP contribution in [0.25, 0.3) is 5.57 Å². The van der Waals surface area contributed by atoms with Crippen LogP contribution >= 0.6 is 12.6 Å². The van der Waals surface area contributed by atoms with Gasteiger partial charge in [0.2, 0.25) is 0 Å². The van der Waals surface area contributed by atoms with E-state index in [-0.39, 0.29) is 11.8 Å². The molecule has 4 unspecified atom stereocenters. The number of hydrogen-bond acceptors (Lipinski definition) is 6. The Hall–Kier alpha value is -1.40. The standard InChI is InChI=1S/C22H32N4OS/c1-14(2)21(27)16-4-6-17(7-5-16)22-23-11-10-20(24-22)26-18-8-9-19(26)13-25(12-18)15(3)28/h6,10-11,14-16,18-19,28H,4-5,7-9,12-13H2,1-3H3. The zero-order chi connectivity index (χ0) is 19.8. The number of rotatable bonds is 5. The summed E-state index contributed by atoms with van der Waals surface area (Å²) < 4.78 is 0. The number of carbonyl (C=O) groups is 1. The first-order valence-corrected chi connectivity index (χ1v) is 11.2. The molecule has 1 aromatic heterocycles. The van der Waals surface area contributed by atoms with Gasteiger partial charge in [0.25, 0.3) is 0 Å². The van der Waals surface area contributed by atoms with Gasteiger partial charge in [0.15, 0.2) is 5.82 Å². The molecule has 1 aliphatic carbocycles. The number of thiol groups is 1. The van der Waals surface area contributed by atoms with Crippen LogP contribution in [0.5, 0.6) is 0 Å². The lowest BCUT2D eigenvalue weighted by Crippen LogP contribution is -2.55. The second-order valence-electron chi connectivity index (χ2n) is 8.87. The average Bonchev–Trinajstić information content (AvgIpc) is 2.96. The number of nitrogens with zero attached hydrogens (tertiary/aromatic N) is 4. The lowest BCUT2D eigenvalue weighted by molar-refractivity contribution is -0.126. The minimum Gasteiger partial charge on any atom is -0.348 e. The first-order chi connectivity index (χ1) is 13.4. The molecule has 2 aliphatic heterocycles. The average molecular weight is 401 g/mol. The number of aromatic nitrogens is 2. The van der Waals surface area contributed by atoms with Crippen molar-refractivity contribution in [3.63, 3.8) is 0 Å². The first-order valence-electron chi connectivity index (χ1n) is 10.7. The van der Waals surface area contributed by atoms with Crippen LogP contribution in [0.4, 0.5) is 5.82 Å². The number of fused-ring (bicyclic) bond motifs is 2. The summed E-state index contributed by atoms with van der Waals surface area (Å²) in [6, 6.07) is 3.09. The second kappa shape index (κ2) is 8.15. The lowest BCUT2D eigenvalue weighted by Gasteiger charge is -2.43. The van der Waals surface area contributed by atoms with Crippen LogP contribution < -0.4 is 4.90 Å². The van der Waals surface area contributed by atoms with Crippen molar-refractivity contribution in [2.24, 2.45) is 11.8 Å². The van der Waals surface area contributed by atoms with E-state index in [1.54, 1.807) is 0 Å². The summed E-state index contributed by atoms with van der Waals surface area (Å²) >= 11 is 4.64. The molecule has 0 aromatic carbocycles. The maximum absolute atomic E-state index is 12.3. The Morgan fingerprint density at radius 2 is 1.89 bits per heavy atom. The highest BCUT2D eigenvalue weighted by atomic mass is 32.1. The Morgan fingerprint density at radius 1 is 1.18 bits per heavy atom. The van der Waals surface area contributed by atoms with Gasteiger partial charge in [0.05, 0.1) is 5.37 Å². The molecule has 2 fully saturated rings. The van der Waals surface area contributed by atoms with E-state index >= 15 is 0 Å². The first kappa shape index (κ1) is 19.9. The van der Waals surface area contributed by atoms with E-state index in [0.717, 1.165) is 44.0 Å². The third kappa shape index (κ3) is 3.86. The van der Waals surface area contributed by atoms with Gasteiger partial charge in [0, 0.05) is 43.2 Å². The van der Waals surface area contributed by atoms with E-state index in [1.165, 1.54) is 18.4 Å². The summed E-state index contributed by atoms with van der Waals surface area (Å²) in [6.07, 6.45) is 9.18. The summed E-state index contributed by atoms with van der Waals surface area (Å²) in [5.41, 5.74) is 1.20. The zero-order valence-electron chi connectivity index (χ0n) is 17.2. The topological polar surface area (TPSA) is 49.3 Å². The maximum Gasteiger partial charge on any atom is 0.157 e. The molecule has 0 N–H and O–H groups in total. The SMILES string of the molecule is CC(C)C(=O)C1CC=C(c2nccc(N3C4CCC3CN(C(C)S)C4)n2)CC1. The molecular weight excluding hydrogens is 368 g/mol. The number of Topliss-reactive ketones (excluding diaryl/α,β-unsaturated/α-hetero) is 1. The molecule has 0 amide bonds. The van der Waals surface area contributed by atoms with E-state index < -0.39 is 0 Å². The van der Waals surface area contributed by atoms with Crippen LogP contribution in [-0.2, 0) is 4.79 Å². The van der Waals surface area contributed by atoms with Crippen LogP contribution in [0.3, 0.4) is 0 Å². The van der Waals surface area contributed by atoms with Gasteiger partial charge in [-0.05, 0) is 50.7 Å². The fourth-order valence-corrected chi connectivity index (χ4v) is 5.22. The van der Waals surface area contributed by atoms with Crippen molar-refractivity contribution < 1.29 is 4.79 Å². The fourth-order valence-electron chi connectivity index (χ4n) is 5.03. The van der Waals surface area contributed by atoms with Gasteiger partial charge in [0.1, 0.15) is 11.6 Å². The van der Waals surface area contributed by atoms with Crippen molar-refractivity contribution >= 4 is 29.8 Å². The molecule has 4 rings (SSSR count). The molecule has 4 atom stereocenters. The number of carbonyl (C=O) groups excluding carboxylic acids is 1. The molecule has 0 saturated carbocycles. The Morgan fingerprint density at radius 3 is 2.46 bits per heavy atom. The molecule has 3 heterocycles. The molecule has 0 radical (unpaired) electrons. The smallest absolute Gasteiger partial charge is 0.157 e. The molecule has 3 aliphatic rings. The number of ketones is 1. The Balaban J connectivity index is 1.50. The summed E-state index contributed by atoms with van der Waals surface area (Å²) in [5.74, 6) is 2.58. The summed E-state index contributed by atoms with van der Waals surface area (Å²) in [7, 11) is 0. The summed E-state index contributed by atoms with van der Waals surface area (Å²) in [6.45, 7) is 8.27. The molecule has 0 spiro atoms. The largest absolute Gasteiger partial charge is 0.348 e. The fraction of sp³-hybridized carbons (Fsp3) is 0.682. The predicted octanol–water partition coefficient (Wildman–Crippen LogP) is 3.81. The number of anilines is 1. The van der Waals surface area contributed by atoms with Crippen LogP contribution in [0.15, 0.2) is 18.3 Å². The Bertz CT molecular complexity index is 749. The third-order valence-electron chi connectivity index (χ3n) is 6.61. The maximum atomic E-state index is 12.3. The van der Waals surface area contributed by atoms with E-state index in [1.807, 2.05) is 20.0 Å². The van der Waals surface area contributed by atoms with Crippen LogP contribution in [-0.4, -0.2) is 51.2 Å². The number of allylic oxidation sites excluding steroid dienone is 2. The van der Waals surface area contributed by atoms with E-state index in [4.69, 9.17) is 4.98 Å². The van der Waals surface area contributed by atoms with Gasteiger partial charge < -0.3 is 4.90 Å². The van der Waals surface area contributed by atoms with Crippen molar-refractivity contribution in [1.29, 1.82) is 0 Å². The van der Waals surface area contributed by atoms with E-state index in [0.29, 0.717) is 23.2 Å². The molecule has 6 heteroatoms. The summed E-state index contributed by atoms with van der Waals surface area (Å²) in [5, 5.41) is 0.306. The van der Waals surface area contributed by atoms with E-state index in [2.05, 4.69) is 46.5 Å². The summed E-state index contributed by atoms with van der Waals surface area (Å²) in [4.78, 5) is 26.8. The molecule has 28 heavy (non-hydrogen) atoms. The Kier molecular flexibility index (Phi) is 5.79. The Labute approximate surface area is 174 Å². The molecule has 1 aromatic rings. The quantitative estimate of drug-likeness (QED) is 0.762. The molecule has 152 valence electrons. The minimum atomic E-state index is 0.119. The molecule has 5 nitrogen and oxygen atoms in total. The number of hydrogen-bond donors (Lipinski definition) is 1. The van der Waals surface area contributed by atoms with Crippen LogP contribution in [0, 0.1) is 11.8 Å². The van der Waals surface area contributed by atoms with Crippen molar-refractivity contribution in [1.82, 2.24) is 14.9 Å². The van der Waals surface area contributed by atoms with Crippen molar-refractivity contribution in [2.45, 2.75) is 70.3 Å². The van der Waals surface area contributed by atoms with Gasteiger partial charge in [-0.15, -0.1) is 0 Å². The highest BCUT2D eigenvalue weighted by Gasteiger charge is 2.41. The number of likely N-dealkylation sites (tertiary alicyclic amines) is 1. The molecule has 2 bridgehead atoms. The zero-order valence-corrected chi connectivity index (χ0v) is 18.1. The van der Waals surface area contributed by atoms with Crippen LogP contribution in [0.1, 0.15) is 58.7 Å². The van der Waals surface area contributed by atoms with Gasteiger partial charge in [-0.3, -0.25) is 9.69 Å². The van der Waals surface area contributed by atoms with Gasteiger partial charge in [-0.2, -0.15) is 12.6 Å². The van der Waals surface area contributed by atoms with Crippen LogP contribution in [0.2, 0.25) is 0 Å². The van der Waals surface area contributed by atoms with Crippen molar-refractivity contribution in [2.75, 3.05) is 18.0 Å².